The maximum Gasteiger partial charge on any atom is 0.416 e. The Bertz CT molecular complexity index is 759. The van der Waals surface area contributed by atoms with Crippen LogP contribution in [0.5, 0.6) is 5.75 Å². The number of esters is 1. The Labute approximate surface area is 139 Å². The van der Waals surface area contributed by atoms with Crippen LogP contribution >= 0.6 is 11.6 Å². The maximum atomic E-state index is 14.2. The molecule has 0 spiro atoms. The van der Waals surface area contributed by atoms with Crippen LogP contribution in [0.3, 0.4) is 0 Å². The summed E-state index contributed by atoms with van der Waals surface area (Å²) >= 11 is 5.75. The number of hydrogen-bond donors (Lipinski definition) is 0. The normalized spacial score (nSPS) is 11.2. The van der Waals surface area contributed by atoms with Gasteiger partial charge in [-0.2, -0.15) is 13.2 Å². The monoisotopic (exact) mass is 362 g/mol. The molecule has 0 N–H and O–H groups in total. The van der Waals surface area contributed by atoms with Crippen LogP contribution in [-0.4, -0.2) is 13.1 Å². The highest BCUT2D eigenvalue weighted by atomic mass is 35.5. The van der Waals surface area contributed by atoms with E-state index in [1.54, 1.807) is 0 Å². The summed E-state index contributed by atoms with van der Waals surface area (Å²) in [4.78, 5) is 11.4. The van der Waals surface area contributed by atoms with E-state index in [1.165, 1.54) is 18.2 Å². The third-order valence-electron chi connectivity index (χ3n) is 3.13. The van der Waals surface area contributed by atoms with Crippen LogP contribution in [-0.2, 0) is 17.5 Å². The molecule has 0 amide bonds. The van der Waals surface area contributed by atoms with Crippen molar-refractivity contribution < 1.29 is 31.8 Å². The second kappa shape index (κ2) is 7.09. The van der Waals surface area contributed by atoms with Crippen molar-refractivity contribution in [1.29, 1.82) is 0 Å². The van der Waals surface area contributed by atoms with E-state index in [2.05, 4.69) is 4.74 Å². The number of halogens is 5. The molecule has 0 aromatic heterocycles. The van der Waals surface area contributed by atoms with Gasteiger partial charge in [0.15, 0.2) is 0 Å². The van der Waals surface area contributed by atoms with Crippen LogP contribution in [0.1, 0.15) is 21.5 Å². The Morgan fingerprint density at radius 1 is 1.21 bits per heavy atom. The molecule has 2 aromatic rings. The van der Waals surface area contributed by atoms with E-state index >= 15 is 0 Å². The highest BCUT2D eigenvalue weighted by molar-refractivity contribution is 6.32. The summed E-state index contributed by atoms with van der Waals surface area (Å²) in [5.41, 5.74) is -1.15. The fourth-order valence-corrected chi connectivity index (χ4v) is 2.14. The first-order valence-electron chi connectivity index (χ1n) is 6.59. The van der Waals surface area contributed by atoms with E-state index in [4.69, 9.17) is 16.3 Å². The lowest BCUT2D eigenvalue weighted by Crippen LogP contribution is -2.08. The summed E-state index contributed by atoms with van der Waals surface area (Å²) in [7, 11) is 1.12. The van der Waals surface area contributed by atoms with Gasteiger partial charge in [-0.1, -0.05) is 23.7 Å². The highest BCUT2D eigenvalue weighted by Gasteiger charge is 2.31. The first kappa shape index (κ1) is 18.1. The zero-order chi connectivity index (χ0) is 17.9. The molecule has 2 rings (SSSR count). The smallest absolute Gasteiger partial charge is 0.416 e. The molecule has 2 aromatic carbocycles. The van der Waals surface area contributed by atoms with Gasteiger partial charge in [0, 0.05) is 5.56 Å². The fraction of sp³-hybridized carbons (Fsp3) is 0.188. The molecule has 0 radical (unpaired) electrons. The molecule has 0 unspecified atom stereocenters. The largest absolute Gasteiger partial charge is 0.487 e. The van der Waals surface area contributed by atoms with Crippen molar-refractivity contribution in [2.75, 3.05) is 7.11 Å². The SMILES string of the molecule is COC(=O)c1cccc(COc2ccc(C(F)(F)F)cc2Cl)c1F. The summed E-state index contributed by atoms with van der Waals surface area (Å²) in [5.74, 6) is -1.71. The number of hydrogen-bond acceptors (Lipinski definition) is 3. The molecule has 0 atom stereocenters. The van der Waals surface area contributed by atoms with Gasteiger partial charge < -0.3 is 9.47 Å². The number of methoxy groups -OCH3 is 1. The minimum absolute atomic E-state index is 0.0347. The molecule has 0 heterocycles. The minimum Gasteiger partial charge on any atom is -0.487 e. The molecule has 0 aliphatic heterocycles. The molecule has 0 fully saturated rings. The van der Waals surface area contributed by atoms with Crippen LogP contribution in [0.15, 0.2) is 36.4 Å². The van der Waals surface area contributed by atoms with E-state index in [9.17, 15) is 22.4 Å². The Morgan fingerprint density at radius 2 is 1.92 bits per heavy atom. The molecule has 0 saturated carbocycles. The quantitative estimate of drug-likeness (QED) is 0.575. The number of rotatable bonds is 4. The first-order chi connectivity index (χ1) is 11.2. The Kier molecular flexibility index (Phi) is 5.33. The molecule has 0 saturated heterocycles. The van der Waals surface area contributed by atoms with E-state index in [0.29, 0.717) is 0 Å². The summed E-state index contributed by atoms with van der Waals surface area (Å²) in [6.07, 6.45) is -4.52. The highest BCUT2D eigenvalue weighted by Crippen LogP contribution is 2.35. The topological polar surface area (TPSA) is 35.5 Å². The summed E-state index contributed by atoms with van der Waals surface area (Å²) < 4.78 is 61.6. The molecule has 0 aliphatic rings. The van der Waals surface area contributed by atoms with Gasteiger partial charge in [-0.25, -0.2) is 9.18 Å². The first-order valence-corrected chi connectivity index (χ1v) is 6.97. The van der Waals surface area contributed by atoms with Crippen molar-refractivity contribution in [3.8, 4) is 5.75 Å². The molecule has 8 heteroatoms. The van der Waals surface area contributed by atoms with Gasteiger partial charge in [0.1, 0.15) is 18.2 Å². The van der Waals surface area contributed by atoms with E-state index < -0.39 is 23.5 Å². The van der Waals surface area contributed by atoms with Crippen molar-refractivity contribution in [3.05, 3.63) is 63.9 Å². The molecule has 3 nitrogen and oxygen atoms in total. The zero-order valence-electron chi connectivity index (χ0n) is 12.3. The summed E-state index contributed by atoms with van der Waals surface area (Å²) in [5, 5.41) is -0.255. The van der Waals surface area contributed by atoms with Crippen molar-refractivity contribution in [3.63, 3.8) is 0 Å². The van der Waals surface area contributed by atoms with E-state index in [1.807, 2.05) is 0 Å². The fourth-order valence-electron chi connectivity index (χ4n) is 1.91. The number of ether oxygens (including phenoxy) is 2. The lowest BCUT2D eigenvalue weighted by atomic mass is 10.1. The third-order valence-corrected chi connectivity index (χ3v) is 3.42. The van der Waals surface area contributed by atoms with Crippen molar-refractivity contribution in [2.24, 2.45) is 0 Å². The van der Waals surface area contributed by atoms with E-state index in [0.717, 1.165) is 25.3 Å². The second-order valence-corrected chi connectivity index (χ2v) is 5.11. The van der Waals surface area contributed by atoms with Crippen LogP contribution in [0.4, 0.5) is 17.6 Å². The van der Waals surface area contributed by atoms with Gasteiger partial charge in [-0.3, -0.25) is 0 Å². The van der Waals surface area contributed by atoms with Gasteiger partial charge in [0.05, 0.1) is 23.3 Å². The van der Waals surface area contributed by atoms with Gasteiger partial charge in [-0.15, -0.1) is 0 Å². The summed E-state index contributed by atoms with van der Waals surface area (Å²) in [6.45, 7) is -0.318. The zero-order valence-corrected chi connectivity index (χ0v) is 13.0. The number of carbonyl (C=O) groups excluding carboxylic acids is 1. The van der Waals surface area contributed by atoms with Crippen molar-refractivity contribution >= 4 is 17.6 Å². The minimum atomic E-state index is -4.52. The number of alkyl halides is 3. The van der Waals surface area contributed by atoms with Crippen molar-refractivity contribution in [2.45, 2.75) is 12.8 Å². The molecule has 0 aliphatic carbocycles. The standard InChI is InChI=1S/C16H11ClF4O3/c1-23-15(22)11-4-2-3-9(14(11)18)8-24-13-6-5-10(7-12(13)17)16(19,20)21/h2-7H,8H2,1H3. The Hall–Kier alpha value is -2.28. The predicted molar refractivity (Wildman–Crippen MR) is 78.5 cm³/mol. The molecule has 128 valence electrons. The molecule has 0 bridgehead atoms. The average molecular weight is 363 g/mol. The van der Waals surface area contributed by atoms with Gasteiger partial charge in [-0.05, 0) is 24.3 Å². The Balaban J connectivity index is 2.19. The average Bonchev–Trinajstić information content (AvgIpc) is 2.53. The van der Waals surface area contributed by atoms with Gasteiger partial charge in [0.25, 0.3) is 0 Å². The van der Waals surface area contributed by atoms with Crippen LogP contribution < -0.4 is 4.74 Å². The van der Waals surface area contributed by atoms with Crippen LogP contribution in [0, 0.1) is 5.82 Å². The summed E-state index contributed by atoms with van der Waals surface area (Å²) in [6, 6.07) is 6.63. The third kappa shape index (κ3) is 3.97. The van der Waals surface area contributed by atoms with Gasteiger partial charge >= 0.3 is 12.1 Å². The Morgan fingerprint density at radius 3 is 2.50 bits per heavy atom. The number of carbonyl (C=O) groups is 1. The number of benzene rings is 2. The maximum absolute atomic E-state index is 14.2. The molecular weight excluding hydrogens is 352 g/mol. The lowest BCUT2D eigenvalue weighted by Gasteiger charge is -2.12. The predicted octanol–water partition coefficient (Wildman–Crippen LogP) is 4.86. The lowest BCUT2D eigenvalue weighted by molar-refractivity contribution is -0.137. The van der Waals surface area contributed by atoms with E-state index in [-0.39, 0.29) is 28.5 Å². The molecular formula is C16H11ClF4O3. The van der Waals surface area contributed by atoms with Crippen LogP contribution in [0.2, 0.25) is 5.02 Å². The van der Waals surface area contributed by atoms with Gasteiger partial charge in [0.2, 0.25) is 0 Å². The van der Waals surface area contributed by atoms with Crippen LogP contribution in [0.25, 0.3) is 0 Å². The molecule has 24 heavy (non-hydrogen) atoms. The van der Waals surface area contributed by atoms with Crippen molar-refractivity contribution in [1.82, 2.24) is 0 Å². The second-order valence-electron chi connectivity index (χ2n) is 4.70.